The molecule has 4 rings (SSSR count). The van der Waals surface area contributed by atoms with E-state index in [1.165, 1.54) is 11.3 Å². The normalized spacial score (nSPS) is 14.5. The first-order chi connectivity index (χ1) is 15.0. The van der Waals surface area contributed by atoms with E-state index in [4.69, 9.17) is 4.74 Å². The number of thiophene rings is 1. The lowest BCUT2D eigenvalue weighted by molar-refractivity contribution is -0.117. The molecular weight excluding hydrogens is 416 g/mol. The van der Waals surface area contributed by atoms with Gasteiger partial charge in [0.25, 0.3) is 5.91 Å². The molecule has 3 aromatic rings. The van der Waals surface area contributed by atoms with Gasteiger partial charge in [-0.1, -0.05) is 18.2 Å². The number of ether oxygens (including phenoxy) is 1. The summed E-state index contributed by atoms with van der Waals surface area (Å²) >= 11 is 1.29. The molecule has 162 valence electrons. The fraction of sp³-hybridized carbons (Fsp3) is 0.318. The van der Waals surface area contributed by atoms with Gasteiger partial charge in [0, 0.05) is 37.1 Å². The van der Waals surface area contributed by atoms with Gasteiger partial charge in [-0.2, -0.15) is 0 Å². The summed E-state index contributed by atoms with van der Waals surface area (Å²) in [5, 5.41) is 6.06. The van der Waals surface area contributed by atoms with Gasteiger partial charge in [-0.3, -0.25) is 14.5 Å². The van der Waals surface area contributed by atoms with Gasteiger partial charge in [0.15, 0.2) is 0 Å². The fourth-order valence-electron chi connectivity index (χ4n) is 3.61. The second-order valence-electron chi connectivity index (χ2n) is 7.27. The van der Waals surface area contributed by atoms with Crippen molar-refractivity contribution in [1.82, 2.24) is 14.8 Å². The zero-order chi connectivity index (χ0) is 21.8. The number of H-pyrrole nitrogens is 1. The molecule has 0 spiro atoms. The molecule has 0 bridgehead atoms. The summed E-state index contributed by atoms with van der Waals surface area (Å²) in [6.07, 6.45) is 0. The third kappa shape index (κ3) is 4.78. The van der Waals surface area contributed by atoms with Crippen LogP contribution in [0.5, 0.6) is 0 Å². The van der Waals surface area contributed by atoms with Crippen LogP contribution in [0.1, 0.15) is 27.8 Å². The Bertz CT molecular complexity index is 1060. The number of esters is 1. The molecule has 1 aromatic carbocycles. The summed E-state index contributed by atoms with van der Waals surface area (Å²) in [7, 11) is 0. The minimum absolute atomic E-state index is 0.0297. The van der Waals surface area contributed by atoms with Gasteiger partial charge in [-0.25, -0.2) is 4.79 Å². The number of anilines is 1. The van der Waals surface area contributed by atoms with Gasteiger partial charge >= 0.3 is 5.97 Å². The van der Waals surface area contributed by atoms with Crippen LogP contribution in [0.4, 0.5) is 5.00 Å². The second-order valence-corrected chi connectivity index (χ2v) is 8.19. The van der Waals surface area contributed by atoms with E-state index in [0.717, 1.165) is 10.9 Å². The Hall–Kier alpha value is -3.17. The van der Waals surface area contributed by atoms with Crippen molar-refractivity contribution in [3.05, 3.63) is 53.0 Å². The number of nitrogens with zero attached hydrogens (tertiary/aromatic N) is 2. The second kappa shape index (κ2) is 9.32. The van der Waals surface area contributed by atoms with Crippen molar-refractivity contribution in [1.29, 1.82) is 0 Å². The maximum Gasteiger partial charge on any atom is 0.341 e. The Balaban J connectivity index is 1.29. The molecule has 2 aromatic heterocycles. The fourth-order valence-corrected chi connectivity index (χ4v) is 4.40. The molecule has 3 heterocycles. The van der Waals surface area contributed by atoms with Crippen LogP contribution in [0.2, 0.25) is 0 Å². The van der Waals surface area contributed by atoms with Crippen molar-refractivity contribution in [3.8, 4) is 0 Å². The van der Waals surface area contributed by atoms with Gasteiger partial charge in [-0.05, 0) is 30.5 Å². The largest absolute Gasteiger partial charge is 0.462 e. The van der Waals surface area contributed by atoms with Crippen LogP contribution < -0.4 is 5.32 Å². The van der Waals surface area contributed by atoms with Crippen molar-refractivity contribution < 1.29 is 19.1 Å². The molecule has 0 aliphatic carbocycles. The minimum Gasteiger partial charge on any atom is -0.462 e. The first-order valence-corrected chi connectivity index (χ1v) is 11.1. The van der Waals surface area contributed by atoms with Crippen LogP contribution in [-0.2, 0) is 9.53 Å². The highest BCUT2D eigenvalue weighted by Crippen LogP contribution is 2.24. The van der Waals surface area contributed by atoms with Crippen LogP contribution in [0.3, 0.4) is 0 Å². The third-order valence-corrected chi connectivity index (χ3v) is 6.03. The molecule has 0 unspecified atom stereocenters. The number of aromatic amines is 1. The number of hydrogen-bond donors (Lipinski definition) is 2. The molecular formula is C22H24N4O4S. The Morgan fingerprint density at radius 1 is 1.13 bits per heavy atom. The molecule has 31 heavy (non-hydrogen) atoms. The summed E-state index contributed by atoms with van der Waals surface area (Å²) < 4.78 is 5.01. The van der Waals surface area contributed by atoms with Crippen LogP contribution in [0, 0.1) is 0 Å². The predicted octanol–water partition coefficient (Wildman–Crippen LogP) is 2.80. The molecule has 0 saturated carbocycles. The van der Waals surface area contributed by atoms with E-state index in [0.29, 0.717) is 42.4 Å². The van der Waals surface area contributed by atoms with Crippen molar-refractivity contribution in [3.63, 3.8) is 0 Å². The average molecular weight is 441 g/mol. The summed E-state index contributed by atoms with van der Waals surface area (Å²) in [6, 6.07) is 11.3. The van der Waals surface area contributed by atoms with Crippen molar-refractivity contribution in [2.24, 2.45) is 0 Å². The van der Waals surface area contributed by atoms with Gasteiger partial charge in [0.05, 0.1) is 18.7 Å². The average Bonchev–Trinajstić information content (AvgIpc) is 3.40. The Morgan fingerprint density at radius 2 is 1.90 bits per heavy atom. The number of nitrogens with one attached hydrogen (secondary N) is 2. The van der Waals surface area contributed by atoms with Crippen LogP contribution in [0.15, 0.2) is 41.8 Å². The maximum atomic E-state index is 12.8. The first kappa shape index (κ1) is 21.1. The minimum atomic E-state index is -0.442. The number of amides is 2. The predicted molar refractivity (Wildman–Crippen MR) is 120 cm³/mol. The molecule has 0 atom stereocenters. The molecule has 1 aliphatic rings. The highest BCUT2D eigenvalue weighted by atomic mass is 32.1. The van der Waals surface area contributed by atoms with Crippen LogP contribution >= 0.6 is 11.3 Å². The van der Waals surface area contributed by atoms with Gasteiger partial charge < -0.3 is 19.9 Å². The number of rotatable bonds is 6. The van der Waals surface area contributed by atoms with E-state index < -0.39 is 5.97 Å². The van der Waals surface area contributed by atoms with Gasteiger partial charge in [0.1, 0.15) is 10.7 Å². The third-order valence-electron chi connectivity index (χ3n) is 5.20. The highest BCUT2D eigenvalue weighted by Gasteiger charge is 2.25. The highest BCUT2D eigenvalue weighted by molar-refractivity contribution is 7.14. The Morgan fingerprint density at radius 3 is 2.65 bits per heavy atom. The Labute approximate surface area is 183 Å². The lowest BCUT2D eigenvalue weighted by atomic mass is 10.2. The number of fused-ring (bicyclic) bond motifs is 1. The number of carbonyl (C=O) groups excluding carboxylic acids is 3. The molecule has 1 saturated heterocycles. The molecule has 0 radical (unpaired) electrons. The molecule has 1 fully saturated rings. The molecule has 2 amide bonds. The van der Waals surface area contributed by atoms with E-state index in [1.807, 2.05) is 35.2 Å². The molecule has 1 aliphatic heterocycles. The quantitative estimate of drug-likeness (QED) is 0.575. The van der Waals surface area contributed by atoms with E-state index in [-0.39, 0.29) is 25.0 Å². The maximum absolute atomic E-state index is 12.8. The number of carbonyl (C=O) groups is 3. The van der Waals surface area contributed by atoms with Crippen molar-refractivity contribution >= 4 is 45.0 Å². The van der Waals surface area contributed by atoms with Crippen LogP contribution in [-0.4, -0.2) is 71.9 Å². The molecule has 8 nitrogen and oxygen atoms in total. The lowest BCUT2D eigenvalue weighted by Gasteiger charge is -2.34. The smallest absolute Gasteiger partial charge is 0.341 e. The van der Waals surface area contributed by atoms with Gasteiger partial charge in [-0.15, -0.1) is 11.3 Å². The van der Waals surface area contributed by atoms with Crippen molar-refractivity contribution in [2.45, 2.75) is 6.92 Å². The van der Waals surface area contributed by atoms with E-state index in [2.05, 4.69) is 10.3 Å². The van der Waals surface area contributed by atoms with E-state index in [1.54, 1.807) is 23.3 Å². The zero-order valence-electron chi connectivity index (χ0n) is 17.2. The van der Waals surface area contributed by atoms with Crippen LogP contribution in [0.25, 0.3) is 10.9 Å². The van der Waals surface area contributed by atoms with E-state index >= 15 is 0 Å². The standard InChI is InChI=1S/C22H24N4O4S/c1-2-30-22(29)16-7-12-31-20(16)24-19(27)14-25-8-10-26(11-9-25)21(28)18-13-15-5-3-4-6-17(15)23-18/h3-7,12-13,23H,2,8-11,14H2,1H3,(H,24,27). The summed E-state index contributed by atoms with van der Waals surface area (Å²) in [4.78, 5) is 44.2. The molecule has 9 heteroatoms. The lowest BCUT2D eigenvalue weighted by Crippen LogP contribution is -2.50. The number of aromatic nitrogens is 1. The summed E-state index contributed by atoms with van der Waals surface area (Å²) in [6.45, 7) is 4.54. The van der Waals surface area contributed by atoms with E-state index in [9.17, 15) is 14.4 Å². The number of piperazine rings is 1. The zero-order valence-corrected chi connectivity index (χ0v) is 18.0. The summed E-state index contributed by atoms with van der Waals surface area (Å²) in [5.41, 5.74) is 1.89. The molecule has 2 N–H and O–H groups in total. The number of hydrogen-bond acceptors (Lipinski definition) is 6. The SMILES string of the molecule is CCOC(=O)c1ccsc1NC(=O)CN1CCN(C(=O)c2cc3ccccc3[nH]2)CC1. The first-order valence-electron chi connectivity index (χ1n) is 10.2. The van der Waals surface area contributed by atoms with Crippen molar-refractivity contribution in [2.75, 3.05) is 44.6 Å². The van der Waals surface area contributed by atoms with Gasteiger partial charge in [0.2, 0.25) is 5.91 Å². The Kier molecular flexibility index (Phi) is 6.34. The summed E-state index contributed by atoms with van der Waals surface area (Å²) in [5.74, 6) is -0.662. The number of benzene rings is 1. The number of para-hydroxylation sites is 1. The topological polar surface area (TPSA) is 94.7 Å². The monoisotopic (exact) mass is 440 g/mol.